The van der Waals surface area contributed by atoms with Gasteiger partial charge in [0.15, 0.2) is 0 Å². The second-order valence-electron chi connectivity index (χ2n) is 5.84. The molecular weight excluding hydrogens is 314 g/mol. The smallest absolute Gasteiger partial charge is 0.203 e. The SMILES string of the molecule is C=CCn1c(=N)n(C[C@H](O)c2ccc(OCC)cc2)c2ccccc21. The van der Waals surface area contributed by atoms with Crippen LogP contribution in [0.5, 0.6) is 5.75 Å². The van der Waals surface area contributed by atoms with Crippen molar-refractivity contribution in [1.82, 2.24) is 9.13 Å². The van der Waals surface area contributed by atoms with Crippen LogP contribution in [0, 0.1) is 5.41 Å². The molecule has 5 heteroatoms. The highest BCUT2D eigenvalue weighted by molar-refractivity contribution is 5.75. The van der Waals surface area contributed by atoms with Crippen molar-refractivity contribution in [1.29, 1.82) is 5.41 Å². The number of allylic oxidation sites excluding steroid dienone is 1. The summed E-state index contributed by atoms with van der Waals surface area (Å²) in [5.41, 5.74) is 3.05. The maximum absolute atomic E-state index is 10.6. The Morgan fingerprint density at radius 1 is 1.12 bits per heavy atom. The van der Waals surface area contributed by atoms with Crippen LogP contribution in [0.25, 0.3) is 11.0 Å². The number of benzene rings is 2. The van der Waals surface area contributed by atoms with Gasteiger partial charge in [0, 0.05) is 6.54 Å². The average Bonchev–Trinajstić information content (AvgIpc) is 2.89. The van der Waals surface area contributed by atoms with Crippen LogP contribution in [0.2, 0.25) is 0 Å². The topological polar surface area (TPSA) is 63.2 Å². The minimum Gasteiger partial charge on any atom is -0.494 e. The molecule has 0 spiro atoms. The van der Waals surface area contributed by atoms with E-state index >= 15 is 0 Å². The quantitative estimate of drug-likeness (QED) is 0.650. The molecule has 3 rings (SSSR count). The monoisotopic (exact) mass is 337 g/mol. The number of hydrogen-bond acceptors (Lipinski definition) is 3. The fourth-order valence-corrected chi connectivity index (χ4v) is 3.02. The lowest BCUT2D eigenvalue weighted by atomic mass is 10.1. The van der Waals surface area contributed by atoms with Crippen LogP contribution in [0.1, 0.15) is 18.6 Å². The summed E-state index contributed by atoms with van der Waals surface area (Å²) in [7, 11) is 0. The number of fused-ring (bicyclic) bond motifs is 1. The summed E-state index contributed by atoms with van der Waals surface area (Å²) in [6.45, 7) is 7.20. The van der Waals surface area contributed by atoms with Gasteiger partial charge in [0.05, 0.1) is 30.3 Å². The van der Waals surface area contributed by atoms with Crippen LogP contribution in [-0.4, -0.2) is 20.8 Å². The summed E-state index contributed by atoms with van der Waals surface area (Å²) in [6, 6.07) is 15.3. The van der Waals surface area contributed by atoms with Gasteiger partial charge in [-0.25, -0.2) is 0 Å². The van der Waals surface area contributed by atoms with Gasteiger partial charge in [-0.2, -0.15) is 0 Å². The molecule has 0 bridgehead atoms. The number of para-hydroxylation sites is 2. The second kappa shape index (κ2) is 7.40. The molecule has 0 unspecified atom stereocenters. The number of aromatic nitrogens is 2. The fourth-order valence-electron chi connectivity index (χ4n) is 3.02. The predicted octanol–water partition coefficient (Wildman–Crippen LogP) is 3.24. The van der Waals surface area contributed by atoms with Crippen molar-refractivity contribution in [3.8, 4) is 5.75 Å². The van der Waals surface area contributed by atoms with Crippen molar-refractivity contribution in [2.75, 3.05) is 6.61 Å². The first-order valence-corrected chi connectivity index (χ1v) is 8.40. The number of nitrogens with one attached hydrogen (secondary N) is 1. The zero-order valence-electron chi connectivity index (χ0n) is 14.4. The number of hydrogen-bond donors (Lipinski definition) is 2. The molecule has 0 aliphatic rings. The molecule has 0 aliphatic carbocycles. The lowest BCUT2D eigenvalue weighted by molar-refractivity contribution is 0.155. The molecule has 2 N–H and O–H groups in total. The van der Waals surface area contributed by atoms with Gasteiger partial charge >= 0.3 is 0 Å². The van der Waals surface area contributed by atoms with E-state index in [1.807, 2.05) is 64.6 Å². The van der Waals surface area contributed by atoms with Gasteiger partial charge < -0.3 is 19.0 Å². The van der Waals surface area contributed by atoms with Crippen LogP contribution in [0.15, 0.2) is 61.2 Å². The van der Waals surface area contributed by atoms with Crippen LogP contribution < -0.4 is 10.4 Å². The number of nitrogens with zero attached hydrogens (tertiary/aromatic N) is 2. The van der Waals surface area contributed by atoms with E-state index in [1.165, 1.54) is 0 Å². The first-order chi connectivity index (χ1) is 12.2. The zero-order chi connectivity index (χ0) is 17.8. The Labute approximate surface area is 146 Å². The number of ether oxygens (including phenoxy) is 1. The molecule has 5 nitrogen and oxygen atoms in total. The standard InChI is InChI=1S/C20H23N3O2/c1-3-13-22-17-7-5-6-8-18(17)23(20(22)21)14-19(24)15-9-11-16(12-10-15)25-4-2/h3,5-12,19,21,24H,1,4,13-14H2,2H3/t19-/m0/s1. The van der Waals surface area contributed by atoms with Crippen molar-refractivity contribution in [2.45, 2.75) is 26.1 Å². The molecule has 0 saturated heterocycles. The maximum Gasteiger partial charge on any atom is 0.203 e. The molecule has 0 amide bonds. The Bertz CT molecular complexity index is 922. The maximum atomic E-state index is 10.6. The summed E-state index contributed by atoms with van der Waals surface area (Å²) in [5, 5.41) is 19.1. The summed E-state index contributed by atoms with van der Waals surface area (Å²) < 4.78 is 9.15. The minimum absolute atomic E-state index is 0.317. The van der Waals surface area contributed by atoms with Gasteiger partial charge in [-0.1, -0.05) is 30.3 Å². The zero-order valence-corrected chi connectivity index (χ0v) is 14.4. The molecule has 0 fully saturated rings. The van der Waals surface area contributed by atoms with E-state index in [0.29, 0.717) is 25.3 Å². The second-order valence-corrected chi connectivity index (χ2v) is 5.84. The average molecular weight is 337 g/mol. The Balaban J connectivity index is 1.93. The molecule has 130 valence electrons. The van der Waals surface area contributed by atoms with Gasteiger partial charge in [0.1, 0.15) is 5.75 Å². The predicted molar refractivity (Wildman–Crippen MR) is 98.6 cm³/mol. The third-order valence-electron chi connectivity index (χ3n) is 4.22. The Morgan fingerprint density at radius 2 is 1.76 bits per heavy atom. The summed E-state index contributed by atoms with van der Waals surface area (Å²) in [5.74, 6) is 0.787. The minimum atomic E-state index is -0.701. The lowest BCUT2D eigenvalue weighted by Crippen LogP contribution is -2.26. The highest BCUT2D eigenvalue weighted by atomic mass is 16.5. The third kappa shape index (κ3) is 3.37. The molecular formula is C20H23N3O2. The molecule has 1 aromatic heterocycles. The Morgan fingerprint density at radius 3 is 2.36 bits per heavy atom. The van der Waals surface area contributed by atoms with E-state index in [0.717, 1.165) is 22.3 Å². The van der Waals surface area contributed by atoms with E-state index in [9.17, 15) is 5.11 Å². The molecule has 1 atom stereocenters. The van der Waals surface area contributed by atoms with Crippen molar-refractivity contribution >= 4 is 11.0 Å². The highest BCUT2D eigenvalue weighted by Gasteiger charge is 2.14. The number of aliphatic hydroxyl groups is 1. The fraction of sp³-hybridized carbons (Fsp3) is 0.250. The summed E-state index contributed by atoms with van der Waals surface area (Å²) in [6.07, 6.45) is 1.07. The normalized spacial score (nSPS) is 12.2. The largest absolute Gasteiger partial charge is 0.494 e. The summed E-state index contributed by atoms with van der Waals surface area (Å²) in [4.78, 5) is 0. The van der Waals surface area contributed by atoms with Gasteiger partial charge in [0.2, 0.25) is 5.62 Å². The van der Waals surface area contributed by atoms with Crippen molar-refractivity contribution in [3.05, 3.63) is 72.4 Å². The molecule has 0 saturated carbocycles. The highest BCUT2D eigenvalue weighted by Crippen LogP contribution is 2.21. The van der Waals surface area contributed by atoms with Crippen LogP contribution in [-0.2, 0) is 13.1 Å². The molecule has 1 heterocycles. The van der Waals surface area contributed by atoms with Gasteiger partial charge in [0.25, 0.3) is 0 Å². The lowest BCUT2D eigenvalue weighted by Gasteiger charge is -2.13. The van der Waals surface area contributed by atoms with Crippen LogP contribution >= 0.6 is 0 Å². The van der Waals surface area contributed by atoms with E-state index in [2.05, 4.69) is 6.58 Å². The van der Waals surface area contributed by atoms with E-state index in [4.69, 9.17) is 10.1 Å². The number of aliphatic hydroxyl groups excluding tert-OH is 1. The first-order valence-electron chi connectivity index (χ1n) is 8.40. The van der Waals surface area contributed by atoms with Crippen LogP contribution in [0.3, 0.4) is 0 Å². The van der Waals surface area contributed by atoms with Crippen molar-refractivity contribution in [3.63, 3.8) is 0 Å². The molecule has 3 aromatic rings. The summed E-state index contributed by atoms with van der Waals surface area (Å²) >= 11 is 0. The van der Waals surface area contributed by atoms with Crippen molar-refractivity contribution < 1.29 is 9.84 Å². The van der Waals surface area contributed by atoms with E-state index < -0.39 is 6.10 Å². The van der Waals surface area contributed by atoms with Crippen molar-refractivity contribution in [2.24, 2.45) is 0 Å². The van der Waals surface area contributed by atoms with E-state index in [1.54, 1.807) is 6.08 Å². The molecule has 25 heavy (non-hydrogen) atoms. The molecule has 0 radical (unpaired) electrons. The van der Waals surface area contributed by atoms with Gasteiger partial charge in [-0.15, -0.1) is 6.58 Å². The molecule has 2 aromatic carbocycles. The van der Waals surface area contributed by atoms with E-state index in [-0.39, 0.29) is 0 Å². The number of imidazole rings is 1. The van der Waals surface area contributed by atoms with Gasteiger partial charge in [-0.3, -0.25) is 5.41 Å². The third-order valence-corrected chi connectivity index (χ3v) is 4.22. The Hall–Kier alpha value is -2.79. The number of rotatable bonds is 7. The van der Waals surface area contributed by atoms with Gasteiger partial charge in [-0.05, 0) is 36.8 Å². The molecule has 0 aliphatic heterocycles. The van der Waals surface area contributed by atoms with Crippen LogP contribution in [0.4, 0.5) is 0 Å². The first kappa shape index (κ1) is 17.0. The Kier molecular flexibility index (Phi) is 5.05.